The number of hydrogen-bond donors (Lipinski definition) is 2. The molecular weight excluding hydrogens is 388 g/mol. The van der Waals surface area contributed by atoms with E-state index in [-0.39, 0.29) is 36.5 Å². The second-order valence-corrected chi connectivity index (χ2v) is 8.45. The summed E-state index contributed by atoms with van der Waals surface area (Å²) in [5, 5.41) is 8.24. The lowest BCUT2D eigenvalue weighted by Gasteiger charge is -2.34. The molecule has 2 heterocycles. The van der Waals surface area contributed by atoms with Gasteiger partial charge in [0.15, 0.2) is 5.13 Å². The second-order valence-electron chi connectivity index (χ2n) is 7.59. The number of aromatic nitrogens is 1. The molecule has 1 aromatic heterocycles. The van der Waals surface area contributed by atoms with Gasteiger partial charge in [-0.25, -0.2) is 4.98 Å². The van der Waals surface area contributed by atoms with E-state index in [0.717, 1.165) is 25.3 Å². The lowest BCUT2D eigenvalue weighted by Crippen LogP contribution is -2.44. The number of morpholine rings is 1. The maximum atomic E-state index is 12.3. The first kappa shape index (κ1) is 21.4. The standard InChI is InChI=1S/C21H28N4O3S/c1-14(22-20(27)17-7-5-4-6-8-17)9-19(26)24-21-23-18(13-29-21)12-25-10-15(2)28-16(3)11-25/h4-8,13-16H,9-12H2,1-3H3,(H,22,27)(H,23,24,26). The molecule has 1 aliphatic rings. The molecule has 3 unspecified atom stereocenters. The predicted octanol–water partition coefficient (Wildman–Crippen LogP) is 2.90. The number of nitrogens with zero attached hydrogens (tertiary/aromatic N) is 2. The van der Waals surface area contributed by atoms with Crippen molar-refractivity contribution in [2.24, 2.45) is 0 Å². The quantitative estimate of drug-likeness (QED) is 0.725. The Morgan fingerprint density at radius 3 is 2.62 bits per heavy atom. The smallest absolute Gasteiger partial charge is 0.251 e. The molecular formula is C21H28N4O3S. The molecule has 3 atom stereocenters. The van der Waals surface area contributed by atoms with Crippen molar-refractivity contribution in [3.8, 4) is 0 Å². The van der Waals surface area contributed by atoms with Crippen molar-refractivity contribution in [2.75, 3.05) is 18.4 Å². The summed E-state index contributed by atoms with van der Waals surface area (Å²) in [5.41, 5.74) is 1.52. The average Bonchev–Trinajstić information content (AvgIpc) is 3.07. The monoisotopic (exact) mass is 416 g/mol. The molecule has 29 heavy (non-hydrogen) atoms. The molecule has 0 bridgehead atoms. The number of hydrogen-bond acceptors (Lipinski definition) is 6. The zero-order chi connectivity index (χ0) is 20.8. The van der Waals surface area contributed by atoms with Crippen molar-refractivity contribution in [3.63, 3.8) is 0 Å². The van der Waals surface area contributed by atoms with Crippen LogP contribution in [0.1, 0.15) is 43.2 Å². The van der Waals surface area contributed by atoms with Gasteiger partial charge in [0.1, 0.15) is 0 Å². The normalized spacial score (nSPS) is 20.8. The molecule has 0 spiro atoms. The molecule has 7 nitrogen and oxygen atoms in total. The van der Waals surface area contributed by atoms with E-state index in [1.807, 2.05) is 30.5 Å². The van der Waals surface area contributed by atoms with Crippen LogP contribution in [-0.4, -0.2) is 53.0 Å². The molecule has 1 aliphatic heterocycles. The summed E-state index contributed by atoms with van der Waals surface area (Å²) in [6, 6.07) is 8.69. The molecule has 3 rings (SSSR count). The molecule has 2 N–H and O–H groups in total. The van der Waals surface area contributed by atoms with E-state index in [4.69, 9.17) is 4.74 Å². The number of rotatable bonds is 7. The molecule has 8 heteroatoms. The molecule has 1 aromatic carbocycles. The van der Waals surface area contributed by atoms with Crippen LogP contribution in [0, 0.1) is 0 Å². The van der Waals surface area contributed by atoms with E-state index in [0.29, 0.717) is 10.7 Å². The number of benzene rings is 1. The summed E-state index contributed by atoms with van der Waals surface area (Å²) >= 11 is 1.42. The summed E-state index contributed by atoms with van der Waals surface area (Å²) in [5.74, 6) is -0.350. The van der Waals surface area contributed by atoms with Crippen molar-refractivity contribution in [1.82, 2.24) is 15.2 Å². The first-order valence-corrected chi connectivity index (χ1v) is 10.7. The molecule has 1 fully saturated rings. The van der Waals surface area contributed by atoms with Crippen molar-refractivity contribution in [1.29, 1.82) is 0 Å². The maximum Gasteiger partial charge on any atom is 0.251 e. The van der Waals surface area contributed by atoms with Gasteiger partial charge in [0.05, 0.1) is 17.9 Å². The van der Waals surface area contributed by atoms with Crippen LogP contribution in [0.2, 0.25) is 0 Å². The minimum Gasteiger partial charge on any atom is -0.373 e. The molecule has 0 radical (unpaired) electrons. The minimum absolute atomic E-state index is 0.166. The fourth-order valence-electron chi connectivity index (χ4n) is 3.48. The number of thiazole rings is 1. The number of nitrogens with one attached hydrogen (secondary N) is 2. The van der Waals surface area contributed by atoms with Gasteiger partial charge >= 0.3 is 0 Å². The van der Waals surface area contributed by atoms with Crippen LogP contribution < -0.4 is 10.6 Å². The van der Waals surface area contributed by atoms with E-state index in [9.17, 15) is 9.59 Å². The summed E-state index contributed by atoms with van der Waals surface area (Å²) < 4.78 is 5.76. The zero-order valence-electron chi connectivity index (χ0n) is 17.1. The van der Waals surface area contributed by atoms with E-state index in [2.05, 4.69) is 34.4 Å². The van der Waals surface area contributed by atoms with Gasteiger partial charge in [-0.3, -0.25) is 14.5 Å². The number of carbonyl (C=O) groups excluding carboxylic acids is 2. The lowest BCUT2D eigenvalue weighted by molar-refractivity contribution is -0.116. The Morgan fingerprint density at radius 1 is 1.24 bits per heavy atom. The van der Waals surface area contributed by atoms with Gasteiger partial charge in [0.25, 0.3) is 5.91 Å². The number of ether oxygens (including phenoxy) is 1. The van der Waals surface area contributed by atoms with Gasteiger partial charge in [0.2, 0.25) is 5.91 Å². The van der Waals surface area contributed by atoms with Gasteiger partial charge in [0, 0.05) is 43.0 Å². The molecule has 1 saturated heterocycles. The largest absolute Gasteiger partial charge is 0.373 e. The van der Waals surface area contributed by atoms with Crippen LogP contribution in [0.5, 0.6) is 0 Å². The molecule has 2 amide bonds. The Labute approximate surface area is 175 Å². The van der Waals surface area contributed by atoms with Crippen molar-refractivity contribution < 1.29 is 14.3 Å². The van der Waals surface area contributed by atoms with Gasteiger partial charge in [-0.2, -0.15) is 0 Å². The Balaban J connectivity index is 1.45. The van der Waals surface area contributed by atoms with Gasteiger partial charge in [-0.15, -0.1) is 11.3 Å². The summed E-state index contributed by atoms with van der Waals surface area (Å²) in [7, 11) is 0. The fourth-order valence-corrected chi connectivity index (χ4v) is 4.19. The van der Waals surface area contributed by atoms with Crippen molar-refractivity contribution >= 4 is 28.3 Å². The summed E-state index contributed by atoms with van der Waals surface area (Å²) in [6.07, 6.45) is 0.611. The predicted molar refractivity (Wildman–Crippen MR) is 114 cm³/mol. The van der Waals surface area contributed by atoms with Crippen LogP contribution in [0.25, 0.3) is 0 Å². The zero-order valence-corrected chi connectivity index (χ0v) is 17.9. The highest BCUT2D eigenvalue weighted by Gasteiger charge is 2.23. The van der Waals surface area contributed by atoms with Gasteiger partial charge < -0.3 is 15.4 Å². The van der Waals surface area contributed by atoms with E-state index in [1.165, 1.54) is 11.3 Å². The van der Waals surface area contributed by atoms with Crippen LogP contribution in [0.15, 0.2) is 35.7 Å². The van der Waals surface area contributed by atoms with Crippen LogP contribution in [0.4, 0.5) is 5.13 Å². The third kappa shape index (κ3) is 6.62. The number of carbonyl (C=O) groups is 2. The van der Waals surface area contributed by atoms with Crippen LogP contribution in [-0.2, 0) is 16.1 Å². The highest BCUT2D eigenvalue weighted by molar-refractivity contribution is 7.13. The van der Waals surface area contributed by atoms with Crippen molar-refractivity contribution in [2.45, 2.75) is 52.0 Å². The highest BCUT2D eigenvalue weighted by atomic mass is 32.1. The van der Waals surface area contributed by atoms with Gasteiger partial charge in [-0.05, 0) is 32.9 Å². The maximum absolute atomic E-state index is 12.3. The molecule has 0 aliphatic carbocycles. The first-order valence-electron chi connectivity index (χ1n) is 9.87. The second kappa shape index (κ2) is 9.96. The van der Waals surface area contributed by atoms with E-state index in [1.54, 1.807) is 12.1 Å². The lowest BCUT2D eigenvalue weighted by atomic mass is 10.1. The molecule has 0 saturated carbocycles. The Hall–Kier alpha value is -2.29. The third-order valence-corrected chi connectivity index (χ3v) is 5.39. The van der Waals surface area contributed by atoms with Gasteiger partial charge in [-0.1, -0.05) is 18.2 Å². The average molecular weight is 417 g/mol. The highest BCUT2D eigenvalue weighted by Crippen LogP contribution is 2.19. The summed E-state index contributed by atoms with van der Waals surface area (Å²) in [4.78, 5) is 31.3. The number of anilines is 1. The van der Waals surface area contributed by atoms with E-state index >= 15 is 0 Å². The van der Waals surface area contributed by atoms with Crippen LogP contribution >= 0.6 is 11.3 Å². The fraction of sp³-hybridized carbons (Fsp3) is 0.476. The molecule has 2 aromatic rings. The Bertz CT molecular complexity index is 816. The summed E-state index contributed by atoms with van der Waals surface area (Å²) in [6.45, 7) is 8.47. The first-order chi connectivity index (χ1) is 13.9. The minimum atomic E-state index is -0.279. The SMILES string of the molecule is CC(CC(=O)Nc1nc(CN2CC(C)OC(C)C2)cs1)NC(=O)c1ccccc1. The van der Waals surface area contributed by atoms with Crippen molar-refractivity contribution in [3.05, 3.63) is 47.0 Å². The Morgan fingerprint density at radius 2 is 1.93 bits per heavy atom. The third-order valence-electron chi connectivity index (χ3n) is 4.58. The number of amides is 2. The van der Waals surface area contributed by atoms with Crippen LogP contribution in [0.3, 0.4) is 0 Å². The molecule has 156 valence electrons. The topological polar surface area (TPSA) is 83.6 Å². The Kier molecular flexibility index (Phi) is 7.35. The van der Waals surface area contributed by atoms with E-state index < -0.39 is 0 Å².